The molecule has 0 aromatic rings. The third-order valence-electron chi connectivity index (χ3n) is 2.53. The van der Waals surface area contributed by atoms with Crippen molar-refractivity contribution in [3.05, 3.63) is 0 Å². The lowest BCUT2D eigenvalue weighted by Gasteiger charge is -2.28. The molecule has 6 heteroatoms. The standard InChI is InChI=1S/C13H26N2O4/c1-12(2,3)19-11(18)14-13(4,10(16)17)8-7-9-15(5)6/h7-9H2,1-6H3,(H,14,18)(H,16,17). The Hall–Kier alpha value is -1.30. The summed E-state index contributed by atoms with van der Waals surface area (Å²) in [4.78, 5) is 25.0. The number of hydrogen-bond acceptors (Lipinski definition) is 4. The Morgan fingerprint density at radius 3 is 2.11 bits per heavy atom. The lowest BCUT2D eigenvalue weighted by Crippen LogP contribution is -2.53. The maximum absolute atomic E-state index is 11.7. The van der Waals surface area contributed by atoms with E-state index < -0.39 is 23.2 Å². The Morgan fingerprint density at radius 1 is 1.21 bits per heavy atom. The van der Waals surface area contributed by atoms with Gasteiger partial charge in [-0.05, 0) is 61.2 Å². The van der Waals surface area contributed by atoms with E-state index in [-0.39, 0.29) is 0 Å². The predicted molar refractivity (Wildman–Crippen MR) is 73.2 cm³/mol. The maximum Gasteiger partial charge on any atom is 0.408 e. The van der Waals surface area contributed by atoms with E-state index >= 15 is 0 Å². The first kappa shape index (κ1) is 17.7. The SMILES string of the molecule is CN(C)CCCC(C)(NC(=O)OC(C)(C)C)C(=O)O. The van der Waals surface area contributed by atoms with Crippen molar-refractivity contribution in [3.8, 4) is 0 Å². The van der Waals surface area contributed by atoms with Crippen molar-refractivity contribution in [3.63, 3.8) is 0 Å². The minimum Gasteiger partial charge on any atom is -0.480 e. The van der Waals surface area contributed by atoms with Gasteiger partial charge in [0.15, 0.2) is 0 Å². The summed E-state index contributed by atoms with van der Waals surface area (Å²) in [7, 11) is 3.83. The van der Waals surface area contributed by atoms with Gasteiger partial charge in [-0.3, -0.25) is 0 Å². The van der Waals surface area contributed by atoms with E-state index in [1.165, 1.54) is 6.92 Å². The van der Waals surface area contributed by atoms with E-state index in [1.807, 2.05) is 19.0 Å². The quantitative estimate of drug-likeness (QED) is 0.770. The zero-order valence-electron chi connectivity index (χ0n) is 12.7. The van der Waals surface area contributed by atoms with Crippen LogP contribution < -0.4 is 5.32 Å². The first-order chi connectivity index (χ1) is 8.46. The fraction of sp³-hybridized carbons (Fsp3) is 0.846. The smallest absolute Gasteiger partial charge is 0.408 e. The van der Waals surface area contributed by atoms with Crippen LogP contribution in [0.1, 0.15) is 40.5 Å². The minimum absolute atomic E-state index is 0.347. The monoisotopic (exact) mass is 274 g/mol. The molecule has 0 heterocycles. The number of nitrogens with zero attached hydrogens (tertiary/aromatic N) is 1. The van der Waals surface area contributed by atoms with Gasteiger partial charge in [-0.25, -0.2) is 9.59 Å². The molecule has 0 aromatic carbocycles. The van der Waals surface area contributed by atoms with Crippen LogP contribution in [0.3, 0.4) is 0 Å². The van der Waals surface area contributed by atoms with Gasteiger partial charge in [0.1, 0.15) is 11.1 Å². The molecule has 112 valence electrons. The molecule has 0 aliphatic rings. The number of aliphatic carboxylic acids is 1. The van der Waals surface area contributed by atoms with Gasteiger partial charge in [-0.15, -0.1) is 0 Å². The number of rotatable bonds is 6. The van der Waals surface area contributed by atoms with E-state index in [4.69, 9.17) is 4.74 Å². The van der Waals surface area contributed by atoms with E-state index in [9.17, 15) is 14.7 Å². The fourth-order valence-corrected chi connectivity index (χ4v) is 1.50. The molecule has 19 heavy (non-hydrogen) atoms. The number of nitrogens with one attached hydrogen (secondary N) is 1. The molecule has 2 N–H and O–H groups in total. The number of alkyl carbamates (subject to hydrolysis) is 1. The highest BCUT2D eigenvalue weighted by atomic mass is 16.6. The number of hydrogen-bond donors (Lipinski definition) is 2. The van der Waals surface area contributed by atoms with Crippen molar-refractivity contribution in [1.82, 2.24) is 10.2 Å². The molecule has 1 amide bonds. The number of ether oxygens (including phenoxy) is 1. The second kappa shape index (κ2) is 6.75. The van der Waals surface area contributed by atoms with Crippen LogP contribution in [0.2, 0.25) is 0 Å². The second-order valence-corrected chi connectivity index (χ2v) is 6.17. The van der Waals surface area contributed by atoms with E-state index in [2.05, 4.69) is 5.32 Å². The Kier molecular flexibility index (Phi) is 6.29. The summed E-state index contributed by atoms with van der Waals surface area (Å²) in [5, 5.41) is 11.7. The van der Waals surface area contributed by atoms with Gasteiger partial charge in [0.25, 0.3) is 0 Å². The summed E-state index contributed by atoms with van der Waals surface area (Å²) < 4.78 is 5.09. The van der Waals surface area contributed by atoms with Crippen molar-refractivity contribution in [2.45, 2.75) is 51.7 Å². The van der Waals surface area contributed by atoms with Crippen molar-refractivity contribution in [2.24, 2.45) is 0 Å². The van der Waals surface area contributed by atoms with E-state index in [1.54, 1.807) is 20.8 Å². The van der Waals surface area contributed by atoms with Crippen LogP contribution in [0.25, 0.3) is 0 Å². The lowest BCUT2D eigenvalue weighted by molar-refractivity contribution is -0.144. The van der Waals surface area contributed by atoms with Gasteiger partial charge >= 0.3 is 12.1 Å². The lowest BCUT2D eigenvalue weighted by atomic mass is 9.96. The normalized spacial score (nSPS) is 14.9. The van der Waals surface area contributed by atoms with Crippen LogP contribution in [0.4, 0.5) is 4.79 Å². The third-order valence-corrected chi connectivity index (χ3v) is 2.53. The van der Waals surface area contributed by atoms with Crippen LogP contribution in [-0.4, -0.2) is 53.8 Å². The summed E-state index contributed by atoms with van der Waals surface area (Å²) in [5.41, 5.74) is -1.95. The molecule has 6 nitrogen and oxygen atoms in total. The molecule has 0 radical (unpaired) electrons. The molecule has 0 fully saturated rings. The van der Waals surface area contributed by atoms with Gasteiger partial charge < -0.3 is 20.1 Å². The molecule has 0 aliphatic carbocycles. The average Bonchev–Trinajstić information content (AvgIpc) is 2.12. The number of carbonyl (C=O) groups is 2. The molecule has 0 saturated heterocycles. The number of amides is 1. The number of carboxylic acids is 1. The molecule has 0 rings (SSSR count). The van der Waals surface area contributed by atoms with Crippen LogP contribution in [0.5, 0.6) is 0 Å². The topological polar surface area (TPSA) is 78.9 Å². The number of carbonyl (C=O) groups excluding carboxylic acids is 1. The summed E-state index contributed by atoms with van der Waals surface area (Å²) in [5.74, 6) is -1.06. The zero-order valence-corrected chi connectivity index (χ0v) is 12.7. The largest absolute Gasteiger partial charge is 0.480 e. The first-order valence-corrected chi connectivity index (χ1v) is 6.35. The Morgan fingerprint density at radius 2 is 1.74 bits per heavy atom. The van der Waals surface area contributed by atoms with Crippen molar-refractivity contribution >= 4 is 12.1 Å². The molecule has 0 bridgehead atoms. The Bertz CT molecular complexity index is 323. The highest BCUT2D eigenvalue weighted by Gasteiger charge is 2.35. The highest BCUT2D eigenvalue weighted by Crippen LogP contribution is 2.15. The average molecular weight is 274 g/mol. The Balaban J connectivity index is 4.54. The van der Waals surface area contributed by atoms with Crippen LogP contribution in [0.15, 0.2) is 0 Å². The summed E-state index contributed by atoms with van der Waals surface area (Å²) >= 11 is 0. The summed E-state index contributed by atoms with van der Waals surface area (Å²) in [6, 6.07) is 0. The van der Waals surface area contributed by atoms with E-state index in [0.29, 0.717) is 12.8 Å². The molecular weight excluding hydrogens is 248 g/mol. The van der Waals surface area contributed by atoms with Crippen molar-refractivity contribution in [2.75, 3.05) is 20.6 Å². The second-order valence-electron chi connectivity index (χ2n) is 6.17. The molecular formula is C13H26N2O4. The number of carboxylic acid groups (broad SMARTS) is 1. The molecule has 0 aromatic heterocycles. The van der Waals surface area contributed by atoms with Crippen molar-refractivity contribution in [1.29, 1.82) is 0 Å². The van der Waals surface area contributed by atoms with Crippen molar-refractivity contribution < 1.29 is 19.4 Å². The zero-order chi connectivity index (χ0) is 15.3. The van der Waals surface area contributed by atoms with Gasteiger partial charge in [0, 0.05) is 0 Å². The summed E-state index contributed by atoms with van der Waals surface area (Å²) in [6.45, 7) is 7.46. The first-order valence-electron chi connectivity index (χ1n) is 6.35. The molecule has 1 atom stereocenters. The van der Waals surface area contributed by atoms with Gasteiger partial charge in [-0.2, -0.15) is 0 Å². The van der Waals surface area contributed by atoms with Gasteiger partial charge in [-0.1, -0.05) is 0 Å². The molecule has 0 aliphatic heterocycles. The van der Waals surface area contributed by atoms with Crippen LogP contribution in [-0.2, 0) is 9.53 Å². The van der Waals surface area contributed by atoms with Gasteiger partial charge in [0.2, 0.25) is 0 Å². The maximum atomic E-state index is 11.7. The van der Waals surface area contributed by atoms with Crippen LogP contribution in [0, 0.1) is 0 Å². The molecule has 1 unspecified atom stereocenters. The minimum atomic E-state index is -1.31. The van der Waals surface area contributed by atoms with Gasteiger partial charge in [0.05, 0.1) is 0 Å². The van der Waals surface area contributed by atoms with E-state index in [0.717, 1.165) is 6.54 Å². The molecule has 0 spiro atoms. The van der Waals surface area contributed by atoms with Crippen LogP contribution >= 0.6 is 0 Å². The summed E-state index contributed by atoms with van der Waals surface area (Å²) in [6.07, 6.45) is 0.313. The Labute approximate surface area is 115 Å². The highest BCUT2D eigenvalue weighted by molar-refractivity contribution is 5.83. The molecule has 0 saturated carbocycles. The fourth-order valence-electron chi connectivity index (χ4n) is 1.50. The predicted octanol–water partition coefficient (Wildman–Crippen LogP) is 1.70. The third kappa shape index (κ3) is 7.66.